The first kappa shape index (κ1) is 9.88. The van der Waals surface area contributed by atoms with Crippen molar-refractivity contribution in [2.45, 2.75) is 12.5 Å². The monoisotopic (exact) mass is 184 g/mol. The Bertz CT molecular complexity index is 146. The molecule has 0 aliphatic heterocycles. The smallest absolute Gasteiger partial charge is 0.250 e. The average Bonchev–Trinajstić information content (AvgIpc) is 1.81. The van der Waals surface area contributed by atoms with E-state index in [0.29, 0.717) is 0 Å². The highest BCUT2D eigenvalue weighted by molar-refractivity contribution is 6.66. The fraction of sp³-hybridized carbons (Fsp3) is 0.600. The maximum Gasteiger partial charge on any atom is 0.250 e. The van der Waals surface area contributed by atoms with E-state index in [9.17, 15) is 9.59 Å². The minimum atomic E-state index is -0.910. The quantitative estimate of drug-likeness (QED) is 0.611. The highest BCUT2D eigenvalue weighted by Crippen LogP contribution is 2.04. The van der Waals surface area contributed by atoms with Gasteiger partial charge in [0.05, 0.1) is 6.42 Å². The van der Waals surface area contributed by atoms with Crippen LogP contribution in [0.4, 0.5) is 0 Å². The summed E-state index contributed by atoms with van der Waals surface area (Å²) in [6, 6.07) is 0. The van der Waals surface area contributed by atoms with Crippen LogP contribution in [0.3, 0.4) is 0 Å². The van der Waals surface area contributed by atoms with Crippen LogP contribution in [0.1, 0.15) is 6.42 Å². The molecule has 0 bridgehead atoms. The molecule has 0 rings (SSSR count). The van der Waals surface area contributed by atoms with Gasteiger partial charge in [-0.1, -0.05) is 0 Å². The van der Waals surface area contributed by atoms with E-state index in [2.05, 4.69) is 4.74 Å². The van der Waals surface area contributed by atoms with Crippen LogP contribution < -0.4 is 0 Å². The Morgan fingerprint density at radius 1 is 1.50 bits per heavy atom. The summed E-state index contributed by atoms with van der Waals surface area (Å²) < 4.78 is 4.54. The van der Waals surface area contributed by atoms with Gasteiger partial charge < -0.3 is 4.74 Å². The minimum Gasteiger partial charge on any atom is -0.372 e. The number of carbonyl (C=O) groups is 2. The Morgan fingerprint density at radius 3 is 2.10 bits per heavy atom. The fourth-order valence-electron chi connectivity index (χ4n) is 0.402. The molecule has 0 aliphatic carbocycles. The number of hydrogen-bond acceptors (Lipinski definition) is 3. The molecule has 10 heavy (non-hydrogen) atoms. The highest BCUT2D eigenvalue weighted by Gasteiger charge is 2.17. The lowest BCUT2D eigenvalue weighted by Crippen LogP contribution is -2.20. The molecule has 0 radical (unpaired) electrons. The number of methoxy groups -OCH3 is 1. The average molecular weight is 185 g/mol. The SMILES string of the molecule is CO[C@@H](CC(=O)Cl)C(=O)Cl. The Kier molecular flexibility index (Phi) is 4.60. The third kappa shape index (κ3) is 3.82. The molecule has 0 N–H and O–H groups in total. The molecule has 3 nitrogen and oxygen atoms in total. The molecular weight excluding hydrogens is 179 g/mol. The maximum absolute atomic E-state index is 10.3. The van der Waals surface area contributed by atoms with Crippen molar-refractivity contribution >= 4 is 33.7 Å². The predicted molar refractivity (Wildman–Crippen MR) is 37.1 cm³/mol. The zero-order valence-corrected chi connectivity index (χ0v) is 6.78. The normalized spacial score (nSPS) is 12.7. The molecule has 0 spiro atoms. The summed E-state index contributed by atoms with van der Waals surface area (Å²) in [5.74, 6) is 0. The van der Waals surface area contributed by atoms with Crippen LogP contribution in [0.5, 0.6) is 0 Å². The van der Waals surface area contributed by atoms with Crippen molar-refractivity contribution in [3.05, 3.63) is 0 Å². The van der Waals surface area contributed by atoms with Gasteiger partial charge in [-0.05, 0) is 23.2 Å². The van der Waals surface area contributed by atoms with E-state index in [1.165, 1.54) is 7.11 Å². The van der Waals surface area contributed by atoms with Crippen molar-refractivity contribution in [3.63, 3.8) is 0 Å². The summed E-state index contributed by atoms with van der Waals surface area (Å²) >= 11 is 9.98. The lowest BCUT2D eigenvalue weighted by Gasteiger charge is -2.05. The van der Waals surface area contributed by atoms with Crippen LogP contribution in [0.2, 0.25) is 0 Å². The highest BCUT2D eigenvalue weighted by atomic mass is 35.5. The summed E-state index contributed by atoms with van der Waals surface area (Å²) in [6.07, 6.45) is -1.09. The molecule has 0 saturated carbocycles. The lowest BCUT2D eigenvalue weighted by molar-refractivity contribution is -0.125. The minimum absolute atomic E-state index is 0.180. The van der Waals surface area contributed by atoms with Gasteiger partial charge in [-0.25, -0.2) is 0 Å². The summed E-state index contributed by atoms with van der Waals surface area (Å²) in [5, 5.41) is -1.35. The summed E-state index contributed by atoms with van der Waals surface area (Å²) in [5.41, 5.74) is 0. The van der Waals surface area contributed by atoms with E-state index in [0.717, 1.165) is 0 Å². The van der Waals surface area contributed by atoms with Gasteiger partial charge in [0.1, 0.15) is 6.10 Å². The summed E-state index contributed by atoms with van der Waals surface area (Å²) in [4.78, 5) is 20.5. The lowest BCUT2D eigenvalue weighted by atomic mass is 10.3. The van der Waals surface area contributed by atoms with Crippen LogP contribution in [-0.2, 0) is 14.3 Å². The Morgan fingerprint density at radius 2 is 2.00 bits per heavy atom. The topological polar surface area (TPSA) is 43.4 Å². The van der Waals surface area contributed by atoms with E-state index in [1.54, 1.807) is 0 Å². The fourth-order valence-corrected chi connectivity index (χ4v) is 0.708. The third-order valence-corrected chi connectivity index (χ3v) is 1.28. The summed E-state index contributed by atoms with van der Waals surface area (Å²) in [7, 11) is 1.28. The number of halogens is 2. The van der Waals surface area contributed by atoms with Crippen LogP contribution >= 0.6 is 23.2 Å². The molecule has 0 fully saturated rings. The van der Waals surface area contributed by atoms with Crippen molar-refractivity contribution < 1.29 is 14.3 Å². The zero-order chi connectivity index (χ0) is 8.15. The molecule has 0 aliphatic rings. The van der Waals surface area contributed by atoms with E-state index in [1.807, 2.05) is 0 Å². The number of rotatable bonds is 4. The van der Waals surface area contributed by atoms with Crippen molar-refractivity contribution in [3.8, 4) is 0 Å². The van der Waals surface area contributed by atoms with E-state index in [4.69, 9.17) is 23.2 Å². The van der Waals surface area contributed by atoms with Gasteiger partial charge in [0, 0.05) is 7.11 Å². The molecular formula is C5H6Cl2O3. The molecule has 0 saturated heterocycles. The van der Waals surface area contributed by atoms with Gasteiger partial charge in [-0.15, -0.1) is 0 Å². The van der Waals surface area contributed by atoms with Gasteiger partial charge in [-0.2, -0.15) is 0 Å². The molecule has 0 amide bonds. The van der Waals surface area contributed by atoms with Crippen molar-refractivity contribution in [2.24, 2.45) is 0 Å². The first-order valence-electron chi connectivity index (χ1n) is 2.48. The molecule has 5 heteroatoms. The van der Waals surface area contributed by atoms with E-state index in [-0.39, 0.29) is 6.42 Å². The molecule has 0 aromatic heterocycles. The van der Waals surface area contributed by atoms with Crippen molar-refractivity contribution in [2.75, 3.05) is 7.11 Å². The first-order chi connectivity index (χ1) is 4.57. The molecule has 0 aromatic rings. The largest absolute Gasteiger partial charge is 0.372 e. The van der Waals surface area contributed by atoms with Crippen LogP contribution in [0, 0.1) is 0 Å². The Labute approximate surface area is 68.2 Å². The van der Waals surface area contributed by atoms with Gasteiger partial charge >= 0.3 is 0 Å². The third-order valence-electron chi connectivity index (χ3n) is 0.884. The van der Waals surface area contributed by atoms with E-state index < -0.39 is 16.6 Å². The summed E-state index contributed by atoms with van der Waals surface area (Å²) in [6.45, 7) is 0. The van der Waals surface area contributed by atoms with Gasteiger partial charge in [0.15, 0.2) is 0 Å². The molecule has 1 atom stereocenters. The second-order valence-electron chi connectivity index (χ2n) is 1.59. The van der Waals surface area contributed by atoms with Crippen molar-refractivity contribution in [1.82, 2.24) is 0 Å². The first-order valence-corrected chi connectivity index (χ1v) is 3.24. The molecule has 0 unspecified atom stereocenters. The maximum atomic E-state index is 10.3. The van der Waals surface area contributed by atoms with Crippen LogP contribution in [-0.4, -0.2) is 23.7 Å². The zero-order valence-electron chi connectivity index (χ0n) is 5.27. The van der Waals surface area contributed by atoms with E-state index >= 15 is 0 Å². The van der Waals surface area contributed by atoms with Crippen LogP contribution in [0.15, 0.2) is 0 Å². The van der Waals surface area contributed by atoms with Crippen LogP contribution in [0.25, 0.3) is 0 Å². The molecule has 0 heterocycles. The number of ether oxygens (including phenoxy) is 1. The standard InChI is InChI=1S/C5H6Cl2O3/c1-10-3(5(7)9)2-4(6)8/h3H,2H2,1H3/t3-/m0/s1. The van der Waals surface area contributed by atoms with Crippen molar-refractivity contribution in [1.29, 1.82) is 0 Å². The second-order valence-corrected chi connectivity index (χ2v) is 2.38. The van der Waals surface area contributed by atoms with Gasteiger partial charge in [0.25, 0.3) is 5.24 Å². The second kappa shape index (κ2) is 4.66. The molecule has 0 aromatic carbocycles. The van der Waals surface area contributed by atoms with Gasteiger partial charge in [-0.3, -0.25) is 9.59 Å². The number of hydrogen-bond donors (Lipinski definition) is 0. The van der Waals surface area contributed by atoms with Gasteiger partial charge in [0.2, 0.25) is 5.24 Å². The Hall–Kier alpha value is -0.120. The molecule has 58 valence electrons. The number of carbonyl (C=O) groups excluding carboxylic acids is 2. The predicted octanol–water partition coefficient (Wildman–Crippen LogP) is 0.922. The Balaban J connectivity index is 3.83.